The first kappa shape index (κ1) is 24.2. The molecule has 0 fully saturated rings. The van der Waals surface area contributed by atoms with E-state index in [4.69, 9.17) is 4.74 Å². The van der Waals surface area contributed by atoms with E-state index < -0.39 is 21.1 Å². The number of hydrogen-bond acceptors (Lipinski definition) is 7. The van der Waals surface area contributed by atoms with E-state index in [0.29, 0.717) is 10.4 Å². The second-order valence-corrected chi connectivity index (χ2v) is 11.7. The molecule has 2 aromatic carbocycles. The van der Waals surface area contributed by atoms with E-state index >= 15 is 0 Å². The maximum Gasteiger partial charge on any atom is 0.325 e. The van der Waals surface area contributed by atoms with Gasteiger partial charge in [0, 0.05) is 4.90 Å². The molecule has 1 amide bonds. The maximum atomic E-state index is 12.7. The van der Waals surface area contributed by atoms with E-state index in [9.17, 15) is 18.0 Å². The molecule has 0 aliphatic carbocycles. The number of carbonyl (C=O) groups excluding carboxylic acids is 2. The predicted molar refractivity (Wildman–Crippen MR) is 127 cm³/mol. The van der Waals surface area contributed by atoms with Crippen molar-refractivity contribution in [2.45, 2.75) is 41.9 Å². The van der Waals surface area contributed by atoms with Crippen LogP contribution < -0.4 is 4.80 Å². The molecule has 32 heavy (non-hydrogen) atoms. The number of sulfone groups is 1. The van der Waals surface area contributed by atoms with Crippen LogP contribution in [0.15, 0.2) is 57.2 Å². The van der Waals surface area contributed by atoms with Gasteiger partial charge < -0.3 is 9.30 Å². The third-order valence-corrected chi connectivity index (χ3v) is 8.79. The van der Waals surface area contributed by atoms with Crippen LogP contribution in [-0.2, 0) is 37.1 Å². The quantitative estimate of drug-likeness (QED) is 0.370. The van der Waals surface area contributed by atoms with E-state index in [1.807, 2.05) is 24.5 Å². The second kappa shape index (κ2) is 10.0. The van der Waals surface area contributed by atoms with E-state index in [1.165, 1.54) is 30.6 Å². The molecule has 0 unspecified atom stereocenters. The third-order valence-electron chi connectivity index (χ3n) is 4.85. The molecule has 1 aromatic heterocycles. The van der Waals surface area contributed by atoms with Gasteiger partial charge in [0.1, 0.15) is 6.54 Å². The number of thiazole rings is 1. The van der Waals surface area contributed by atoms with Gasteiger partial charge in [-0.25, -0.2) is 8.42 Å². The number of aromatic nitrogens is 1. The summed E-state index contributed by atoms with van der Waals surface area (Å²) in [5.41, 5.74) is 1.46. The molecule has 170 valence electrons. The van der Waals surface area contributed by atoms with Gasteiger partial charge in [-0.2, -0.15) is 4.99 Å². The number of esters is 1. The number of benzene rings is 2. The molecular weight excluding hydrogens is 468 g/mol. The summed E-state index contributed by atoms with van der Waals surface area (Å²) in [6.45, 7) is 3.20. The van der Waals surface area contributed by atoms with Crippen LogP contribution in [0.3, 0.4) is 0 Å². The van der Waals surface area contributed by atoms with Crippen molar-refractivity contribution in [2.75, 3.05) is 13.4 Å². The number of ether oxygens (including phenoxy) is 1. The van der Waals surface area contributed by atoms with Gasteiger partial charge in [0.15, 0.2) is 14.6 Å². The number of fused-ring (bicyclic) bond motifs is 1. The lowest BCUT2D eigenvalue weighted by Gasteiger charge is -2.08. The molecule has 0 aliphatic heterocycles. The fourth-order valence-electron chi connectivity index (χ4n) is 3.00. The summed E-state index contributed by atoms with van der Waals surface area (Å²) in [6.07, 6.45) is 1.99. The smallest absolute Gasteiger partial charge is 0.325 e. The van der Waals surface area contributed by atoms with Gasteiger partial charge in [-0.3, -0.25) is 9.59 Å². The van der Waals surface area contributed by atoms with Gasteiger partial charge in [-0.05, 0) is 56.0 Å². The molecule has 0 atom stereocenters. The maximum absolute atomic E-state index is 12.7. The monoisotopic (exact) mass is 492 g/mol. The molecule has 0 saturated carbocycles. The average molecular weight is 493 g/mol. The average Bonchev–Trinajstić information content (AvgIpc) is 3.09. The number of carbonyl (C=O) groups is 2. The Kier molecular flexibility index (Phi) is 7.58. The van der Waals surface area contributed by atoms with Crippen molar-refractivity contribution >= 4 is 55.0 Å². The van der Waals surface area contributed by atoms with Gasteiger partial charge in [-0.1, -0.05) is 23.5 Å². The Hall–Kier alpha value is -2.43. The summed E-state index contributed by atoms with van der Waals surface area (Å²) in [4.78, 5) is 30.5. The Bertz CT molecular complexity index is 1320. The first-order valence-corrected chi connectivity index (χ1v) is 13.4. The minimum atomic E-state index is -3.37. The normalized spacial score (nSPS) is 12.5. The lowest BCUT2D eigenvalue weighted by Crippen LogP contribution is -2.22. The number of rotatable bonds is 7. The zero-order valence-corrected chi connectivity index (χ0v) is 20.6. The number of methoxy groups -OCH3 is 1. The van der Waals surface area contributed by atoms with Crippen LogP contribution >= 0.6 is 23.1 Å². The largest absolute Gasteiger partial charge is 0.468 e. The summed E-state index contributed by atoms with van der Waals surface area (Å²) in [7, 11) is -2.05. The lowest BCUT2D eigenvalue weighted by atomic mass is 10.1. The van der Waals surface area contributed by atoms with Crippen LogP contribution in [0, 0.1) is 0 Å². The van der Waals surface area contributed by atoms with Crippen LogP contribution in [0.4, 0.5) is 0 Å². The predicted octanol–water partition coefficient (Wildman–Crippen LogP) is 3.45. The molecule has 1 heterocycles. The Balaban J connectivity index is 1.93. The van der Waals surface area contributed by atoms with Gasteiger partial charge in [0.05, 0.1) is 33.9 Å². The Morgan fingerprint density at radius 3 is 2.44 bits per heavy atom. The molecular formula is C22H24N2O5S3. The minimum Gasteiger partial charge on any atom is -0.468 e. The van der Waals surface area contributed by atoms with Gasteiger partial charge in [0.2, 0.25) is 0 Å². The van der Waals surface area contributed by atoms with Crippen LogP contribution in [0.2, 0.25) is 0 Å². The van der Waals surface area contributed by atoms with Crippen LogP contribution in [0.1, 0.15) is 19.4 Å². The third kappa shape index (κ3) is 5.31. The molecule has 7 nitrogen and oxygen atoms in total. The molecule has 0 aliphatic rings. The van der Waals surface area contributed by atoms with E-state index in [0.717, 1.165) is 15.1 Å². The van der Waals surface area contributed by atoms with Crippen LogP contribution in [0.25, 0.3) is 10.2 Å². The molecule has 3 aromatic rings. The molecule has 0 N–H and O–H groups in total. The first-order chi connectivity index (χ1) is 15.1. The van der Waals surface area contributed by atoms with Crippen LogP contribution in [-0.4, -0.2) is 43.5 Å². The highest BCUT2D eigenvalue weighted by Gasteiger charge is 2.19. The molecule has 0 radical (unpaired) electrons. The van der Waals surface area contributed by atoms with Crippen molar-refractivity contribution in [1.29, 1.82) is 0 Å². The SMILES string of the molecule is COC(=O)Cn1c(=NC(=O)Cc2ccc(S(=O)(=O)C(C)C)cc2)sc2cc(SC)ccc21. The topological polar surface area (TPSA) is 94.8 Å². The molecule has 0 saturated heterocycles. The Labute approximate surface area is 195 Å². The molecule has 0 spiro atoms. The number of nitrogens with zero attached hydrogens (tertiary/aromatic N) is 2. The summed E-state index contributed by atoms with van der Waals surface area (Å²) < 4.78 is 31.9. The van der Waals surface area contributed by atoms with Crippen molar-refractivity contribution in [3.05, 3.63) is 52.8 Å². The molecule has 3 rings (SSSR count). The fourth-order valence-corrected chi connectivity index (χ4v) is 5.66. The number of hydrogen-bond donors (Lipinski definition) is 0. The van der Waals surface area contributed by atoms with E-state index in [1.54, 1.807) is 42.3 Å². The van der Waals surface area contributed by atoms with Crippen molar-refractivity contribution in [2.24, 2.45) is 4.99 Å². The van der Waals surface area contributed by atoms with Crippen molar-refractivity contribution in [3.63, 3.8) is 0 Å². The standard InChI is InChI=1S/C22H24N2O5S3/c1-14(2)32(27,28)17-8-5-15(6-9-17)11-20(25)23-22-24(13-21(26)29-3)18-10-7-16(30-4)12-19(18)31-22/h5-10,12,14H,11,13H2,1-4H3. The Morgan fingerprint density at radius 1 is 1.16 bits per heavy atom. The van der Waals surface area contributed by atoms with Crippen molar-refractivity contribution < 1.29 is 22.7 Å². The molecule has 0 bridgehead atoms. The lowest BCUT2D eigenvalue weighted by molar-refractivity contribution is -0.141. The van der Waals surface area contributed by atoms with Gasteiger partial charge in [0.25, 0.3) is 5.91 Å². The van der Waals surface area contributed by atoms with E-state index in [-0.39, 0.29) is 23.8 Å². The summed E-state index contributed by atoms with van der Waals surface area (Å²) >= 11 is 2.93. The minimum absolute atomic E-state index is 0.0184. The van der Waals surface area contributed by atoms with Gasteiger partial charge >= 0.3 is 5.97 Å². The molecule has 10 heteroatoms. The summed E-state index contributed by atoms with van der Waals surface area (Å²) in [5, 5.41) is -0.519. The highest BCUT2D eigenvalue weighted by molar-refractivity contribution is 7.98. The number of thioether (sulfide) groups is 1. The zero-order valence-electron chi connectivity index (χ0n) is 18.2. The van der Waals surface area contributed by atoms with E-state index in [2.05, 4.69) is 4.99 Å². The number of amides is 1. The van der Waals surface area contributed by atoms with Crippen molar-refractivity contribution in [1.82, 2.24) is 4.57 Å². The zero-order chi connectivity index (χ0) is 23.5. The second-order valence-electron chi connectivity index (χ2n) is 7.30. The fraction of sp³-hybridized carbons (Fsp3) is 0.318. The van der Waals surface area contributed by atoms with Gasteiger partial charge in [-0.15, -0.1) is 11.8 Å². The van der Waals surface area contributed by atoms with Crippen molar-refractivity contribution in [3.8, 4) is 0 Å². The summed E-state index contributed by atoms with van der Waals surface area (Å²) in [6, 6.07) is 12.1. The summed E-state index contributed by atoms with van der Waals surface area (Å²) in [5.74, 6) is -0.825. The first-order valence-electron chi connectivity index (χ1n) is 9.80. The highest BCUT2D eigenvalue weighted by atomic mass is 32.2. The van der Waals surface area contributed by atoms with Crippen LogP contribution in [0.5, 0.6) is 0 Å². The highest BCUT2D eigenvalue weighted by Crippen LogP contribution is 2.24. The Morgan fingerprint density at radius 2 is 1.84 bits per heavy atom.